The van der Waals surface area contributed by atoms with Crippen LogP contribution in [0.5, 0.6) is 0 Å². The molecule has 2 aromatic rings. The van der Waals surface area contributed by atoms with Gasteiger partial charge in [-0.2, -0.15) is 0 Å². The number of hydrogen-bond acceptors (Lipinski definition) is 1. The number of halogens is 3. The van der Waals surface area contributed by atoms with E-state index >= 15 is 0 Å². The molecular weight excluding hydrogens is 300 g/mol. The van der Waals surface area contributed by atoms with Crippen LogP contribution >= 0.6 is 23.2 Å². The van der Waals surface area contributed by atoms with E-state index in [0.717, 1.165) is 11.6 Å². The first-order chi connectivity index (χ1) is 9.58. The van der Waals surface area contributed by atoms with Gasteiger partial charge in [0.15, 0.2) is 0 Å². The molecule has 0 aliphatic heterocycles. The van der Waals surface area contributed by atoms with Crippen LogP contribution in [-0.2, 0) is 6.42 Å². The standard InChI is InChI=1S/C15H12Cl2FNO/c16-12-9-13(17)14(18)8-11(12)15(20)19-7-6-10-4-2-1-3-5-10/h1-5,8-9H,6-7H2,(H,19,20). The van der Waals surface area contributed by atoms with Crippen molar-refractivity contribution in [2.45, 2.75) is 6.42 Å². The Morgan fingerprint density at radius 1 is 1.10 bits per heavy atom. The second kappa shape index (κ2) is 6.73. The molecule has 5 heteroatoms. The van der Waals surface area contributed by atoms with Crippen molar-refractivity contribution in [1.29, 1.82) is 0 Å². The third-order valence-electron chi connectivity index (χ3n) is 2.80. The number of rotatable bonds is 4. The molecule has 0 atom stereocenters. The molecule has 0 unspecified atom stereocenters. The molecule has 0 bridgehead atoms. The van der Waals surface area contributed by atoms with Gasteiger partial charge in [-0.15, -0.1) is 0 Å². The smallest absolute Gasteiger partial charge is 0.252 e. The van der Waals surface area contributed by atoms with Gasteiger partial charge in [0.1, 0.15) is 5.82 Å². The van der Waals surface area contributed by atoms with Crippen LogP contribution in [-0.4, -0.2) is 12.5 Å². The van der Waals surface area contributed by atoms with Crippen molar-refractivity contribution >= 4 is 29.1 Å². The fourth-order valence-electron chi connectivity index (χ4n) is 1.76. The van der Waals surface area contributed by atoms with Crippen LogP contribution in [0.2, 0.25) is 10.0 Å². The van der Waals surface area contributed by atoms with Crippen LogP contribution in [0.1, 0.15) is 15.9 Å². The highest BCUT2D eigenvalue weighted by molar-refractivity contribution is 6.36. The van der Waals surface area contributed by atoms with E-state index in [1.54, 1.807) is 0 Å². The molecule has 0 aliphatic carbocycles. The predicted octanol–water partition coefficient (Wildman–Crippen LogP) is 4.11. The number of amides is 1. The molecule has 0 aliphatic rings. The van der Waals surface area contributed by atoms with Gasteiger partial charge in [0.2, 0.25) is 0 Å². The first-order valence-electron chi connectivity index (χ1n) is 6.04. The van der Waals surface area contributed by atoms with E-state index < -0.39 is 11.7 Å². The van der Waals surface area contributed by atoms with E-state index in [0.29, 0.717) is 13.0 Å². The number of nitrogens with one attached hydrogen (secondary N) is 1. The van der Waals surface area contributed by atoms with Crippen LogP contribution in [0, 0.1) is 5.82 Å². The zero-order chi connectivity index (χ0) is 14.5. The Labute approximate surface area is 126 Å². The second-order valence-electron chi connectivity index (χ2n) is 4.24. The van der Waals surface area contributed by atoms with Crippen LogP contribution < -0.4 is 5.32 Å². The molecule has 20 heavy (non-hydrogen) atoms. The lowest BCUT2D eigenvalue weighted by Crippen LogP contribution is -2.26. The van der Waals surface area contributed by atoms with Gasteiger partial charge in [-0.05, 0) is 24.1 Å². The first-order valence-corrected chi connectivity index (χ1v) is 6.80. The topological polar surface area (TPSA) is 29.1 Å². The molecule has 0 radical (unpaired) electrons. The maximum atomic E-state index is 13.3. The van der Waals surface area contributed by atoms with Gasteiger partial charge >= 0.3 is 0 Å². The van der Waals surface area contributed by atoms with Crippen molar-refractivity contribution in [2.75, 3.05) is 6.54 Å². The van der Waals surface area contributed by atoms with Crippen molar-refractivity contribution < 1.29 is 9.18 Å². The van der Waals surface area contributed by atoms with Gasteiger partial charge < -0.3 is 5.32 Å². The zero-order valence-electron chi connectivity index (χ0n) is 10.5. The fourth-order valence-corrected chi connectivity index (χ4v) is 2.23. The molecule has 104 valence electrons. The van der Waals surface area contributed by atoms with Crippen molar-refractivity contribution in [1.82, 2.24) is 5.32 Å². The van der Waals surface area contributed by atoms with Gasteiger partial charge in [-0.3, -0.25) is 4.79 Å². The Hall–Kier alpha value is -1.58. The minimum Gasteiger partial charge on any atom is -0.352 e. The molecule has 2 aromatic carbocycles. The Balaban J connectivity index is 1.97. The molecule has 0 aromatic heterocycles. The van der Waals surface area contributed by atoms with Crippen LogP contribution in [0.3, 0.4) is 0 Å². The SMILES string of the molecule is O=C(NCCc1ccccc1)c1cc(F)c(Cl)cc1Cl. The summed E-state index contributed by atoms with van der Waals surface area (Å²) in [7, 11) is 0. The third-order valence-corrected chi connectivity index (χ3v) is 3.40. The lowest BCUT2D eigenvalue weighted by Gasteiger charge is -2.07. The molecule has 1 N–H and O–H groups in total. The van der Waals surface area contributed by atoms with Crippen molar-refractivity contribution in [3.8, 4) is 0 Å². The van der Waals surface area contributed by atoms with Crippen molar-refractivity contribution in [3.05, 3.63) is 69.5 Å². The molecule has 0 saturated heterocycles. The summed E-state index contributed by atoms with van der Waals surface area (Å²) >= 11 is 11.5. The molecule has 0 spiro atoms. The molecule has 0 heterocycles. The van der Waals surface area contributed by atoms with Crippen LogP contribution in [0.15, 0.2) is 42.5 Å². The maximum Gasteiger partial charge on any atom is 0.252 e. The van der Waals surface area contributed by atoms with Gasteiger partial charge in [0.05, 0.1) is 15.6 Å². The molecule has 0 fully saturated rings. The lowest BCUT2D eigenvalue weighted by atomic mass is 10.1. The van der Waals surface area contributed by atoms with Crippen LogP contribution in [0.25, 0.3) is 0 Å². The number of carbonyl (C=O) groups excluding carboxylic acids is 1. The Bertz CT molecular complexity index is 617. The molecule has 2 nitrogen and oxygen atoms in total. The molecule has 1 amide bonds. The summed E-state index contributed by atoms with van der Waals surface area (Å²) in [5.74, 6) is -1.08. The average Bonchev–Trinajstić information content (AvgIpc) is 2.44. The monoisotopic (exact) mass is 311 g/mol. The van der Waals surface area contributed by atoms with E-state index in [4.69, 9.17) is 23.2 Å². The summed E-state index contributed by atoms with van der Waals surface area (Å²) in [6.07, 6.45) is 0.695. The van der Waals surface area contributed by atoms with Gasteiger partial charge in [-0.25, -0.2) is 4.39 Å². The Morgan fingerprint density at radius 2 is 1.80 bits per heavy atom. The summed E-state index contributed by atoms with van der Waals surface area (Å²) < 4.78 is 13.3. The largest absolute Gasteiger partial charge is 0.352 e. The predicted molar refractivity (Wildman–Crippen MR) is 78.9 cm³/mol. The number of benzene rings is 2. The summed E-state index contributed by atoms with van der Waals surface area (Å²) in [5.41, 5.74) is 1.20. The Morgan fingerprint density at radius 3 is 2.50 bits per heavy atom. The van der Waals surface area contributed by atoms with E-state index in [1.165, 1.54) is 6.07 Å². The quantitative estimate of drug-likeness (QED) is 0.846. The van der Waals surface area contributed by atoms with Gasteiger partial charge in [0, 0.05) is 6.54 Å². The molecular formula is C15H12Cl2FNO. The minimum absolute atomic E-state index is 0.0848. The van der Waals surface area contributed by atoms with E-state index in [1.807, 2.05) is 30.3 Å². The number of carbonyl (C=O) groups is 1. The highest BCUT2D eigenvalue weighted by atomic mass is 35.5. The average molecular weight is 312 g/mol. The third kappa shape index (κ3) is 3.71. The summed E-state index contributed by atoms with van der Waals surface area (Å²) in [5, 5.41) is 2.73. The molecule has 0 saturated carbocycles. The van der Waals surface area contributed by atoms with Gasteiger partial charge in [0.25, 0.3) is 5.91 Å². The zero-order valence-corrected chi connectivity index (χ0v) is 12.0. The number of hydrogen-bond donors (Lipinski definition) is 1. The fraction of sp³-hybridized carbons (Fsp3) is 0.133. The maximum absolute atomic E-state index is 13.3. The van der Waals surface area contributed by atoms with E-state index in [2.05, 4.69) is 5.32 Å². The minimum atomic E-state index is -0.663. The molecule has 2 rings (SSSR count). The Kier molecular flexibility index (Phi) is 4.99. The summed E-state index contributed by atoms with van der Waals surface area (Å²) in [6.45, 7) is 0.448. The van der Waals surface area contributed by atoms with Crippen molar-refractivity contribution in [2.24, 2.45) is 0 Å². The van der Waals surface area contributed by atoms with E-state index in [9.17, 15) is 9.18 Å². The highest BCUT2D eigenvalue weighted by Gasteiger charge is 2.13. The highest BCUT2D eigenvalue weighted by Crippen LogP contribution is 2.24. The summed E-state index contributed by atoms with van der Waals surface area (Å²) in [6, 6.07) is 12.0. The first kappa shape index (κ1) is 14.8. The normalized spacial score (nSPS) is 10.3. The summed E-state index contributed by atoms with van der Waals surface area (Å²) in [4.78, 5) is 11.9. The van der Waals surface area contributed by atoms with Crippen molar-refractivity contribution in [3.63, 3.8) is 0 Å². The second-order valence-corrected chi connectivity index (χ2v) is 5.05. The van der Waals surface area contributed by atoms with Crippen LogP contribution in [0.4, 0.5) is 4.39 Å². The van der Waals surface area contributed by atoms with Gasteiger partial charge in [-0.1, -0.05) is 53.5 Å². The lowest BCUT2D eigenvalue weighted by molar-refractivity contribution is 0.0954. The van der Waals surface area contributed by atoms with E-state index in [-0.39, 0.29) is 15.6 Å².